The van der Waals surface area contributed by atoms with Crippen LogP contribution in [0.5, 0.6) is 6.01 Å². The quantitative estimate of drug-likeness (QED) is 0.800. The largest absolute Gasteiger partial charge is 0.458 e. The van der Waals surface area contributed by atoms with Gasteiger partial charge in [0.1, 0.15) is 6.10 Å². The number of allylic oxidation sites excluding steroid dienone is 2. The number of aromatic nitrogens is 2. The molecule has 1 amide bonds. The summed E-state index contributed by atoms with van der Waals surface area (Å²) in [5.74, 6) is 0.434. The Morgan fingerprint density at radius 1 is 1.24 bits per heavy atom. The van der Waals surface area contributed by atoms with E-state index in [0.717, 1.165) is 38.6 Å². The summed E-state index contributed by atoms with van der Waals surface area (Å²) < 4.78 is 5.79. The summed E-state index contributed by atoms with van der Waals surface area (Å²) in [6.07, 6.45) is 12.4. The number of amides is 1. The fraction of sp³-hybridized carbons (Fsp3) is 0.562. The first-order valence-electron chi connectivity index (χ1n) is 7.70. The zero-order chi connectivity index (χ0) is 14.5. The molecule has 5 heteroatoms. The van der Waals surface area contributed by atoms with Crippen molar-refractivity contribution in [1.82, 2.24) is 14.9 Å². The Morgan fingerprint density at radius 2 is 2.10 bits per heavy atom. The molecule has 3 rings (SSSR count). The third kappa shape index (κ3) is 3.60. The van der Waals surface area contributed by atoms with E-state index < -0.39 is 0 Å². The molecule has 1 aliphatic carbocycles. The van der Waals surface area contributed by atoms with Crippen molar-refractivity contribution in [3.8, 4) is 6.01 Å². The fourth-order valence-corrected chi connectivity index (χ4v) is 3.01. The smallest absolute Gasteiger partial charge is 0.316 e. The van der Waals surface area contributed by atoms with Gasteiger partial charge < -0.3 is 9.64 Å². The van der Waals surface area contributed by atoms with E-state index in [1.54, 1.807) is 18.5 Å². The van der Waals surface area contributed by atoms with Crippen LogP contribution >= 0.6 is 0 Å². The minimum atomic E-state index is 0.00392. The number of hydrogen-bond acceptors (Lipinski definition) is 4. The third-order valence-electron chi connectivity index (χ3n) is 4.12. The average Bonchev–Trinajstić information content (AvgIpc) is 2.56. The highest BCUT2D eigenvalue weighted by molar-refractivity contribution is 5.79. The summed E-state index contributed by atoms with van der Waals surface area (Å²) in [5, 5.41) is 0. The molecule has 1 fully saturated rings. The molecule has 2 heterocycles. The van der Waals surface area contributed by atoms with E-state index in [1.807, 2.05) is 4.90 Å². The van der Waals surface area contributed by atoms with Crippen LogP contribution in [0.3, 0.4) is 0 Å². The number of rotatable bonds is 3. The summed E-state index contributed by atoms with van der Waals surface area (Å²) in [5.41, 5.74) is 0. The first-order valence-corrected chi connectivity index (χ1v) is 7.70. The number of ether oxygens (including phenoxy) is 1. The van der Waals surface area contributed by atoms with Crippen molar-refractivity contribution in [3.63, 3.8) is 0 Å². The maximum absolute atomic E-state index is 12.6. The summed E-state index contributed by atoms with van der Waals surface area (Å²) in [6.45, 7) is 1.49. The number of carbonyl (C=O) groups is 1. The maximum Gasteiger partial charge on any atom is 0.316 e. The molecule has 1 aromatic heterocycles. The predicted molar refractivity (Wildman–Crippen MR) is 78.7 cm³/mol. The van der Waals surface area contributed by atoms with Gasteiger partial charge in [-0.3, -0.25) is 4.79 Å². The molecular formula is C16H21N3O2. The molecule has 0 saturated carbocycles. The van der Waals surface area contributed by atoms with Gasteiger partial charge in [0, 0.05) is 24.9 Å². The molecule has 1 saturated heterocycles. The topological polar surface area (TPSA) is 55.3 Å². The SMILES string of the molecule is O=C(C1CC=CCC1)N1CCCC(Oc2ncccn2)C1. The van der Waals surface area contributed by atoms with E-state index in [9.17, 15) is 4.79 Å². The lowest BCUT2D eigenvalue weighted by atomic mass is 9.92. The summed E-state index contributed by atoms with van der Waals surface area (Å²) >= 11 is 0. The molecule has 0 bridgehead atoms. The van der Waals surface area contributed by atoms with Gasteiger partial charge in [0.15, 0.2) is 0 Å². The highest BCUT2D eigenvalue weighted by Crippen LogP contribution is 2.23. The number of nitrogens with zero attached hydrogens (tertiary/aromatic N) is 3. The van der Waals surface area contributed by atoms with Gasteiger partial charge in [-0.25, -0.2) is 9.97 Å². The molecule has 2 unspecified atom stereocenters. The van der Waals surface area contributed by atoms with Crippen LogP contribution in [-0.4, -0.2) is 40.0 Å². The van der Waals surface area contributed by atoms with Crippen LogP contribution in [-0.2, 0) is 4.79 Å². The third-order valence-corrected chi connectivity index (χ3v) is 4.12. The normalized spacial score (nSPS) is 25.6. The van der Waals surface area contributed by atoms with Gasteiger partial charge in [-0.05, 0) is 38.2 Å². The molecule has 2 aliphatic rings. The monoisotopic (exact) mass is 287 g/mol. The van der Waals surface area contributed by atoms with Gasteiger partial charge in [0.25, 0.3) is 0 Å². The number of carbonyl (C=O) groups excluding carboxylic acids is 1. The molecule has 0 spiro atoms. The second kappa shape index (κ2) is 6.70. The Kier molecular flexibility index (Phi) is 4.48. The summed E-state index contributed by atoms with van der Waals surface area (Å²) in [7, 11) is 0. The van der Waals surface area contributed by atoms with Gasteiger partial charge in [0.05, 0.1) is 6.54 Å². The molecule has 0 radical (unpaired) electrons. The van der Waals surface area contributed by atoms with Crippen molar-refractivity contribution in [3.05, 3.63) is 30.6 Å². The Balaban J connectivity index is 1.57. The first-order chi connectivity index (χ1) is 10.3. The van der Waals surface area contributed by atoms with Gasteiger partial charge in [0.2, 0.25) is 5.91 Å². The van der Waals surface area contributed by atoms with Gasteiger partial charge in [-0.15, -0.1) is 0 Å². The van der Waals surface area contributed by atoms with Crippen molar-refractivity contribution >= 4 is 5.91 Å². The van der Waals surface area contributed by atoms with Crippen molar-refractivity contribution in [2.24, 2.45) is 5.92 Å². The molecular weight excluding hydrogens is 266 g/mol. The van der Waals surface area contributed by atoms with Crippen LogP contribution in [0.15, 0.2) is 30.6 Å². The van der Waals surface area contributed by atoms with E-state index >= 15 is 0 Å². The Morgan fingerprint density at radius 3 is 2.86 bits per heavy atom. The van der Waals surface area contributed by atoms with E-state index in [1.165, 1.54) is 0 Å². The Hall–Kier alpha value is -1.91. The minimum Gasteiger partial charge on any atom is -0.458 e. The maximum atomic E-state index is 12.6. The van der Waals surface area contributed by atoms with Crippen LogP contribution < -0.4 is 4.74 Å². The van der Waals surface area contributed by atoms with Crippen molar-refractivity contribution in [2.45, 2.75) is 38.2 Å². The van der Waals surface area contributed by atoms with E-state index in [-0.39, 0.29) is 17.9 Å². The average molecular weight is 287 g/mol. The van der Waals surface area contributed by atoms with E-state index in [0.29, 0.717) is 12.6 Å². The second-order valence-corrected chi connectivity index (χ2v) is 5.68. The Labute approximate surface area is 125 Å². The highest BCUT2D eigenvalue weighted by Gasteiger charge is 2.29. The van der Waals surface area contributed by atoms with E-state index in [4.69, 9.17) is 4.74 Å². The van der Waals surface area contributed by atoms with Crippen LogP contribution in [0, 0.1) is 5.92 Å². The molecule has 1 aromatic rings. The van der Waals surface area contributed by atoms with Crippen LogP contribution in [0.4, 0.5) is 0 Å². The van der Waals surface area contributed by atoms with Gasteiger partial charge in [-0.2, -0.15) is 0 Å². The molecule has 112 valence electrons. The molecule has 5 nitrogen and oxygen atoms in total. The van der Waals surface area contributed by atoms with Gasteiger partial charge >= 0.3 is 6.01 Å². The van der Waals surface area contributed by atoms with Crippen molar-refractivity contribution in [2.75, 3.05) is 13.1 Å². The molecule has 21 heavy (non-hydrogen) atoms. The van der Waals surface area contributed by atoms with E-state index in [2.05, 4.69) is 22.1 Å². The minimum absolute atomic E-state index is 0.00392. The first kappa shape index (κ1) is 14.0. The number of hydrogen-bond donors (Lipinski definition) is 0. The zero-order valence-electron chi connectivity index (χ0n) is 12.1. The number of likely N-dealkylation sites (tertiary alicyclic amines) is 1. The standard InChI is InChI=1S/C16H21N3O2/c20-15(13-6-2-1-3-7-13)19-11-4-8-14(12-19)21-16-17-9-5-10-18-16/h1-2,5,9-10,13-14H,3-4,6-8,11-12H2. The predicted octanol–water partition coefficient (Wildman–Crippen LogP) is 2.20. The van der Waals surface area contributed by atoms with Gasteiger partial charge in [-0.1, -0.05) is 12.2 Å². The lowest BCUT2D eigenvalue weighted by Crippen LogP contribution is -2.46. The lowest BCUT2D eigenvalue weighted by Gasteiger charge is -2.34. The van der Waals surface area contributed by atoms with Crippen molar-refractivity contribution in [1.29, 1.82) is 0 Å². The Bertz CT molecular complexity index is 504. The molecule has 0 N–H and O–H groups in total. The molecule has 1 aliphatic heterocycles. The second-order valence-electron chi connectivity index (χ2n) is 5.68. The molecule has 0 aromatic carbocycles. The van der Waals surface area contributed by atoms with Crippen LogP contribution in [0.1, 0.15) is 32.1 Å². The van der Waals surface area contributed by atoms with Crippen LogP contribution in [0.25, 0.3) is 0 Å². The number of piperidine rings is 1. The molecule has 2 atom stereocenters. The summed E-state index contributed by atoms with van der Waals surface area (Å²) in [4.78, 5) is 22.7. The highest BCUT2D eigenvalue weighted by atomic mass is 16.5. The zero-order valence-corrected chi connectivity index (χ0v) is 12.1. The van der Waals surface area contributed by atoms with Crippen molar-refractivity contribution < 1.29 is 9.53 Å². The van der Waals surface area contributed by atoms with Crippen LogP contribution in [0.2, 0.25) is 0 Å². The fourth-order valence-electron chi connectivity index (χ4n) is 3.01. The lowest BCUT2D eigenvalue weighted by molar-refractivity contribution is -0.138. The summed E-state index contributed by atoms with van der Waals surface area (Å²) in [6, 6.07) is 2.16.